The Morgan fingerprint density at radius 3 is 2.90 bits per heavy atom. The van der Waals surface area contributed by atoms with Crippen LogP contribution in [0.3, 0.4) is 0 Å². The maximum Gasteiger partial charge on any atom is 0.167 e. The van der Waals surface area contributed by atoms with Crippen LogP contribution in [0.15, 0.2) is 24.3 Å². The smallest absolute Gasteiger partial charge is 0.167 e. The van der Waals surface area contributed by atoms with Gasteiger partial charge in [0.25, 0.3) is 0 Å². The molecule has 1 atom stereocenters. The number of nitrogens with zero attached hydrogens (tertiary/aromatic N) is 1. The van der Waals surface area contributed by atoms with Crippen molar-refractivity contribution >= 4 is 5.78 Å². The van der Waals surface area contributed by atoms with Crippen molar-refractivity contribution in [2.45, 2.75) is 39.0 Å². The summed E-state index contributed by atoms with van der Waals surface area (Å²) in [6.07, 6.45) is 6.04. The number of aryl methyl sites for hydroxylation is 1. The highest BCUT2D eigenvalue weighted by atomic mass is 16.1. The molecular weight excluding hydrogens is 246 g/mol. The van der Waals surface area contributed by atoms with Crippen LogP contribution >= 0.6 is 0 Å². The van der Waals surface area contributed by atoms with E-state index >= 15 is 0 Å². The second-order valence-corrected chi connectivity index (χ2v) is 6.46. The Labute approximate surface area is 122 Å². The third-order valence-electron chi connectivity index (χ3n) is 4.71. The molecular formula is C18H25NO. The summed E-state index contributed by atoms with van der Waals surface area (Å²) < 4.78 is 0. The Morgan fingerprint density at radius 2 is 2.15 bits per heavy atom. The van der Waals surface area contributed by atoms with E-state index < -0.39 is 0 Å². The molecule has 2 aliphatic rings. The molecule has 1 unspecified atom stereocenters. The maximum absolute atomic E-state index is 12.7. The number of rotatable bonds is 5. The number of Topliss-reactive ketones (excluding diaryl/α,β-unsaturated/α-hetero) is 1. The van der Waals surface area contributed by atoms with Gasteiger partial charge in [-0.2, -0.15) is 0 Å². The Morgan fingerprint density at radius 1 is 1.30 bits per heavy atom. The summed E-state index contributed by atoms with van der Waals surface area (Å²) >= 11 is 0. The lowest BCUT2D eigenvalue weighted by Crippen LogP contribution is -2.39. The predicted molar refractivity (Wildman–Crippen MR) is 82.0 cm³/mol. The van der Waals surface area contributed by atoms with Gasteiger partial charge in [0.2, 0.25) is 0 Å². The van der Waals surface area contributed by atoms with Gasteiger partial charge in [-0.15, -0.1) is 0 Å². The summed E-state index contributed by atoms with van der Waals surface area (Å²) in [5.74, 6) is 1.50. The summed E-state index contributed by atoms with van der Waals surface area (Å²) in [7, 11) is 0. The molecule has 0 amide bonds. The number of likely N-dealkylation sites (tertiary alicyclic amines) is 1. The van der Waals surface area contributed by atoms with Crippen LogP contribution in [0.4, 0.5) is 0 Å². The lowest BCUT2D eigenvalue weighted by molar-refractivity contribution is 0.0814. The van der Waals surface area contributed by atoms with Crippen molar-refractivity contribution in [3.8, 4) is 0 Å². The van der Waals surface area contributed by atoms with E-state index in [9.17, 15) is 4.79 Å². The van der Waals surface area contributed by atoms with E-state index in [4.69, 9.17) is 0 Å². The molecule has 1 aromatic carbocycles. The molecule has 2 heteroatoms. The highest BCUT2D eigenvalue weighted by Crippen LogP contribution is 2.31. The van der Waals surface area contributed by atoms with E-state index in [0.29, 0.717) is 5.78 Å². The van der Waals surface area contributed by atoms with Gasteiger partial charge in [0.15, 0.2) is 5.78 Å². The van der Waals surface area contributed by atoms with Gasteiger partial charge < -0.3 is 4.90 Å². The fraction of sp³-hybridized carbons (Fsp3) is 0.611. The molecule has 108 valence electrons. The van der Waals surface area contributed by atoms with E-state index in [2.05, 4.69) is 24.0 Å². The second kappa shape index (κ2) is 6.09. The number of benzene rings is 1. The number of hydrogen-bond donors (Lipinski definition) is 0. The van der Waals surface area contributed by atoms with Gasteiger partial charge in [0.1, 0.15) is 0 Å². The van der Waals surface area contributed by atoms with Crippen LogP contribution in [0.1, 0.15) is 48.5 Å². The zero-order chi connectivity index (χ0) is 13.9. The molecule has 0 radical (unpaired) electrons. The molecule has 0 bridgehead atoms. The van der Waals surface area contributed by atoms with E-state index in [-0.39, 0.29) is 5.92 Å². The van der Waals surface area contributed by atoms with E-state index in [1.807, 2.05) is 12.1 Å². The first-order chi connectivity index (χ1) is 9.76. The van der Waals surface area contributed by atoms with Gasteiger partial charge in [-0.3, -0.25) is 4.79 Å². The molecule has 1 saturated carbocycles. The summed E-state index contributed by atoms with van der Waals surface area (Å²) in [6, 6.07) is 8.21. The van der Waals surface area contributed by atoms with Crippen molar-refractivity contribution in [3.63, 3.8) is 0 Å². The lowest BCUT2D eigenvalue weighted by atomic mass is 9.89. The van der Waals surface area contributed by atoms with Gasteiger partial charge in [-0.1, -0.05) is 25.1 Å². The topological polar surface area (TPSA) is 20.3 Å². The SMILES string of the molecule is CCc1cccc(C(=O)C2CCCN(CC3CC3)C2)c1. The van der Waals surface area contributed by atoms with Gasteiger partial charge in [-0.05, 0) is 56.2 Å². The third kappa shape index (κ3) is 3.29. The van der Waals surface area contributed by atoms with E-state index in [1.54, 1.807) is 0 Å². The molecule has 2 fully saturated rings. The Bertz CT molecular complexity index is 478. The normalized spacial score (nSPS) is 23.8. The predicted octanol–water partition coefficient (Wildman–Crippen LogP) is 3.55. The van der Waals surface area contributed by atoms with E-state index in [1.165, 1.54) is 37.9 Å². The van der Waals surface area contributed by atoms with Gasteiger partial charge in [0.05, 0.1) is 0 Å². The quantitative estimate of drug-likeness (QED) is 0.763. The first-order valence-electron chi connectivity index (χ1n) is 8.11. The van der Waals surface area contributed by atoms with Crippen molar-refractivity contribution < 1.29 is 4.79 Å². The summed E-state index contributed by atoms with van der Waals surface area (Å²) in [4.78, 5) is 15.2. The highest BCUT2D eigenvalue weighted by Gasteiger charge is 2.30. The number of piperidine rings is 1. The van der Waals surface area contributed by atoms with Crippen LogP contribution in [0.25, 0.3) is 0 Å². The second-order valence-electron chi connectivity index (χ2n) is 6.46. The van der Waals surface area contributed by atoms with Crippen LogP contribution in [0.5, 0.6) is 0 Å². The van der Waals surface area contributed by atoms with Crippen molar-refractivity contribution in [1.82, 2.24) is 4.90 Å². The van der Waals surface area contributed by atoms with Crippen molar-refractivity contribution in [3.05, 3.63) is 35.4 Å². The zero-order valence-corrected chi connectivity index (χ0v) is 12.5. The summed E-state index contributed by atoms with van der Waals surface area (Å²) in [5, 5.41) is 0. The minimum Gasteiger partial charge on any atom is -0.302 e. The average Bonchev–Trinajstić information content (AvgIpc) is 3.31. The molecule has 0 N–H and O–H groups in total. The number of hydrogen-bond acceptors (Lipinski definition) is 2. The summed E-state index contributed by atoms with van der Waals surface area (Å²) in [6.45, 7) is 5.53. The maximum atomic E-state index is 12.7. The first kappa shape index (κ1) is 13.8. The minimum atomic E-state index is 0.217. The highest BCUT2D eigenvalue weighted by molar-refractivity contribution is 5.98. The fourth-order valence-corrected chi connectivity index (χ4v) is 3.28. The number of carbonyl (C=O) groups is 1. The van der Waals surface area contributed by atoms with Crippen LogP contribution in [-0.2, 0) is 6.42 Å². The van der Waals surface area contributed by atoms with Crippen molar-refractivity contribution in [1.29, 1.82) is 0 Å². The third-order valence-corrected chi connectivity index (χ3v) is 4.71. The number of ketones is 1. The zero-order valence-electron chi connectivity index (χ0n) is 12.5. The molecule has 1 saturated heterocycles. The molecule has 20 heavy (non-hydrogen) atoms. The first-order valence-corrected chi connectivity index (χ1v) is 8.11. The Hall–Kier alpha value is -1.15. The van der Waals surface area contributed by atoms with Crippen LogP contribution < -0.4 is 0 Å². The molecule has 2 nitrogen and oxygen atoms in total. The molecule has 1 heterocycles. The number of carbonyl (C=O) groups excluding carboxylic acids is 1. The molecule has 1 aliphatic heterocycles. The van der Waals surface area contributed by atoms with Crippen molar-refractivity contribution in [2.24, 2.45) is 11.8 Å². The standard InChI is InChI=1S/C18H25NO/c1-2-14-5-3-6-16(11-14)18(20)17-7-4-10-19(13-17)12-15-8-9-15/h3,5-6,11,15,17H,2,4,7-10,12-13H2,1H3. The summed E-state index contributed by atoms with van der Waals surface area (Å²) in [5.41, 5.74) is 2.18. The van der Waals surface area contributed by atoms with Crippen molar-refractivity contribution in [2.75, 3.05) is 19.6 Å². The molecule has 0 spiro atoms. The monoisotopic (exact) mass is 271 g/mol. The minimum absolute atomic E-state index is 0.217. The lowest BCUT2D eigenvalue weighted by Gasteiger charge is -2.32. The van der Waals surface area contributed by atoms with Crippen LogP contribution in [0, 0.1) is 11.8 Å². The molecule has 3 rings (SSSR count). The molecule has 1 aliphatic carbocycles. The molecule has 0 aromatic heterocycles. The largest absolute Gasteiger partial charge is 0.302 e. The van der Waals surface area contributed by atoms with Crippen LogP contribution in [0.2, 0.25) is 0 Å². The van der Waals surface area contributed by atoms with Gasteiger partial charge in [0, 0.05) is 24.6 Å². The fourth-order valence-electron chi connectivity index (χ4n) is 3.28. The van der Waals surface area contributed by atoms with Gasteiger partial charge in [-0.25, -0.2) is 0 Å². The Balaban J connectivity index is 1.65. The molecule has 1 aromatic rings. The van der Waals surface area contributed by atoms with Crippen LogP contribution in [-0.4, -0.2) is 30.3 Å². The average molecular weight is 271 g/mol. The van der Waals surface area contributed by atoms with E-state index in [0.717, 1.165) is 30.9 Å². The van der Waals surface area contributed by atoms with Gasteiger partial charge >= 0.3 is 0 Å². The Kier molecular flexibility index (Phi) is 4.21.